The van der Waals surface area contributed by atoms with Crippen LogP contribution in [0.1, 0.15) is 5.56 Å². The Hall–Kier alpha value is -2.12. The van der Waals surface area contributed by atoms with E-state index in [1.54, 1.807) is 18.2 Å². The molecule has 6 nitrogen and oxygen atoms in total. The molecule has 0 saturated heterocycles. The summed E-state index contributed by atoms with van der Waals surface area (Å²) in [4.78, 5) is 10.5. The van der Waals surface area contributed by atoms with E-state index in [1.165, 1.54) is 18.2 Å². The largest absolute Gasteiger partial charge is 0.448 e. The molecule has 0 atom stereocenters. The Bertz CT molecular complexity index is 737. The van der Waals surface area contributed by atoms with Crippen LogP contribution in [0, 0.1) is 15.5 Å². The molecule has 0 spiro atoms. The zero-order valence-corrected chi connectivity index (χ0v) is 12.8. The summed E-state index contributed by atoms with van der Waals surface area (Å²) < 4.78 is 6.23. The zero-order chi connectivity index (χ0) is 15.6. The molecule has 2 aromatic carbocycles. The fraction of sp³-hybridized carbons (Fsp3) is 0. The second-order valence-corrected chi connectivity index (χ2v) is 5.32. The molecule has 0 aromatic heterocycles. The molecule has 0 heterocycles. The summed E-state index contributed by atoms with van der Waals surface area (Å²) in [7, 11) is 0. The van der Waals surface area contributed by atoms with Gasteiger partial charge in [-0.25, -0.2) is 0 Å². The van der Waals surface area contributed by atoms with Crippen LogP contribution in [0.25, 0.3) is 0 Å². The summed E-state index contributed by atoms with van der Waals surface area (Å²) in [6, 6.07) is 9.04. The first-order valence-electron chi connectivity index (χ1n) is 5.65. The van der Waals surface area contributed by atoms with E-state index in [1.807, 2.05) is 0 Å². The molecule has 0 bridgehead atoms. The lowest BCUT2D eigenvalue weighted by molar-refractivity contribution is -0.385. The number of rotatable bonds is 4. The Kier molecular flexibility index (Phi) is 4.44. The quantitative estimate of drug-likeness (QED) is 0.366. The van der Waals surface area contributed by atoms with Crippen molar-refractivity contribution in [2.45, 2.75) is 0 Å². The maximum absolute atomic E-state index is 11.0. The highest BCUT2D eigenvalue weighted by molar-refractivity contribution is 9.10. The second kappa shape index (κ2) is 6.11. The van der Waals surface area contributed by atoms with E-state index < -0.39 is 4.92 Å². The zero-order valence-electron chi connectivity index (χ0n) is 10.5. The minimum Gasteiger partial charge on any atom is -0.448 e. The predicted octanol–water partition coefficient (Wildman–Crippen LogP) is 4.09. The number of nitrogens with zero attached hydrogens (tertiary/aromatic N) is 1. The first kappa shape index (κ1) is 15.3. The lowest BCUT2D eigenvalue weighted by Crippen LogP contribution is -2.12. The van der Waals surface area contributed by atoms with Crippen molar-refractivity contribution in [1.82, 2.24) is 0 Å². The van der Waals surface area contributed by atoms with E-state index >= 15 is 0 Å². The van der Waals surface area contributed by atoms with Crippen molar-refractivity contribution in [3.05, 3.63) is 61.6 Å². The van der Waals surface area contributed by atoms with Crippen molar-refractivity contribution in [1.29, 1.82) is 5.41 Å². The molecule has 2 rings (SSSR count). The molecular formula is C13H9BrClN3O3. The fourth-order valence-electron chi connectivity index (χ4n) is 1.66. The Morgan fingerprint density at radius 3 is 2.71 bits per heavy atom. The van der Waals surface area contributed by atoms with Gasteiger partial charge in [0.15, 0.2) is 0 Å². The van der Waals surface area contributed by atoms with Gasteiger partial charge in [-0.05, 0) is 24.3 Å². The summed E-state index contributed by atoms with van der Waals surface area (Å²) in [5, 5.41) is 18.7. The molecule has 0 aliphatic carbocycles. The van der Waals surface area contributed by atoms with Crippen LogP contribution in [-0.4, -0.2) is 10.8 Å². The van der Waals surface area contributed by atoms with Gasteiger partial charge in [0, 0.05) is 10.5 Å². The maximum atomic E-state index is 11.0. The highest BCUT2D eigenvalue weighted by Crippen LogP contribution is 2.39. The highest BCUT2D eigenvalue weighted by Gasteiger charge is 2.20. The van der Waals surface area contributed by atoms with Crippen LogP contribution >= 0.6 is 27.5 Å². The molecule has 0 aliphatic heterocycles. The number of halogens is 2. The minimum absolute atomic E-state index is 0.0928. The summed E-state index contributed by atoms with van der Waals surface area (Å²) in [6.45, 7) is 0. The number of nitrogen functional groups attached to an aromatic ring is 1. The predicted molar refractivity (Wildman–Crippen MR) is 83.3 cm³/mol. The SMILES string of the molecule is N=C(N)c1ccc(Br)cc1Oc1c(Cl)cccc1[N+](=O)[O-]. The molecule has 0 amide bonds. The summed E-state index contributed by atoms with van der Waals surface area (Å²) in [5.74, 6) is -0.106. The van der Waals surface area contributed by atoms with Crippen LogP contribution in [0.4, 0.5) is 5.69 Å². The molecule has 21 heavy (non-hydrogen) atoms. The molecule has 0 unspecified atom stereocenters. The van der Waals surface area contributed by atoms with E-state index in [0.29, 0.717) is 10.0 Å². The van der Waals surface area contributed by atoms with Crippen molar-refractivity contribution in [2.24, 2.45) is 5.73 Å². The summed E-state index contributed by atoms with van der Waals surface area (Å²) in [5.41, 5.74) is 5.52. The molecule has 108 valence electrons. The first-order valence-corrected chi connectivity index (χ1v) is 6.82. The second-order valence-electron chi connectivity index (χ2n) is 4.00. The number of amidine groups is 1. The third-order valence-electron chi connectivity index (χ3n) is 2.59. The summed E-state index contributed by atoms with van der Waals surface area (Å²) in [6.07, 6.45) is 0. The number of hydrogen-bond donors (Lipinski definition) is 2. The Morgan fingerprint density at radius 1 is 1.38 bits per heavy atom. The standard InChI is InChI=1S/C13H9BrClN3O3/c14-7-4-5-8(13(16)17)11(6-7)21-12-9(15)2-1-3-10(12)18(19)20/h1-6H,(H3,16,17). The Morgan fingerprint density at radius 2 is 2.10 bits per heavy atom. The van der Waals surface area contributed by atoms with E-state index in [0.717, 1.165) is 0 Å². The number of nitro groups is 1. The molecule has 0 aliphatic rings. The molecule has 8 heteroatoms. The number of nitrogens with two attached hydrogens (primary N) is 1. The van der Waals surface area contributed by atoms with Crippen molar-refractivity contribution in [2.75, 3.05) is 0 Å². The number of hydrogen-bond acceptors (Lipinski definition) is 4. The van der Waals surface area contributed by atoms with Gasteiger partial charge in [-0.2, -0.15) is 0 Å². The number of nitrogens with one attached hydrogen (secondary N) is 1. The fourth-order valence-corrected chi connectivity index (χ4v) is 2.20. The van der Waals surface area contributed by atoms with E-state index in [2.05, 4.69) is 15.9 Å². The number of benzene rings is 2. The van der Waals surface area contributed by atoms with Gasteiger partial charge in [-0.15, -0.1) is 0 Å². The average molecular weight is 371 g/mol. The number of ether oxygens (including phenoxy) is 1. The van der Waals surface area contributed by atoms with Gasteiger partial charge >= 0.3 is 5.69 Å². The number of para-hydroxylation sites is 1. The highest BCUT2D eigenvalue weighted by atomic mass is 79.9. The van der Waals surface area contributed by atoms with Gasteiger partial charge in [0.05, 0.1) is 15.5 Å². The van der Waals surface area contributed by atoms with Crippen molar-refractivity contribution in [3.8, 4) is 11.5 Å². The van der Waals surface area contributed by atoms with Gasteiger partial charge in [-0.3, -0.25) is 15.5 Å². The van der Waals surface area contributed by atoms with Crippen LogP contribution in [0.2, 0.25) is 5.02 Å². The molecule has 0 radical (unpaired) electrons. The molecule has 0 saturated carbocycles. The van der Waals surface area contributed by atoms with Gasteiger partial charge in [0.25, 0.3) is 0 Å². The topological polar surface area (TPSA) is 102 Å². The summed E-state index contributed by atoms with van der Waals surface area (Å²) >= 11 is 9.24. The average Bonchev–Trinajstić information content (AvgIpc) is 2.40. The third-order valence-corrected chi connectivity index (χ3v) is 3.38. The van der Waals surface area contributed by atoms with Crippen LogP contribution < -0.4 is 10.5 Å². The van der Waals surface area contributed by atoms with Crippen LogP contribution in [0.15, 0.2) is 40.9 Å². The maximum Gasteiger partial charge on any atom is 0.313 e. The van der Waals surface area contributed by atoms with Crippen molar-refractivity contribution >= 4 is 39.1 Å². The van der Waals surface area contributed by atoms with Crippen molar-refractivity contribution in [3.63, 3.8) is 0 Å². The number of nitro benzene ring substituents is 1. The molecule has 0 fully saturated rings. The molecule has 2 aromatic rings. The first-order chi connectivity index (χ1) is 9.90. The van der Waals surface area contributed by atoms with Gasteiger partial charge in [0.1, 0.15) is 11.6 Å². The lowest BCUT2D eigenvalue weighted by atomic mass is 10.2. The van der Waals surface area contributed by atoms with Crippen LogP contribution in [0.3, 0.4) is 0 Å². The molecule has 3 N–H and O–H groups in total. The van der Waals surface area contributed by atoms with Gasteiger partial charge in [-0.1, -0.05) is 33.6 Å². The Balaban J connectivity index is 2.55. The monoisotopic (exact) mass is 369 g/mol. The van der Waals surface area contributed by atoms with E-state index in [-0.39, 0.29) is 28.0 Å². The smallest absolute Gasteiger partial charge is 0.313 e. The van der Waals surface area contributed by atoms with E-state index in [9.17, 15) is 10.1 Å². The minimum atomic E-state index is -0.591. The van der Waals surface area contributed by atoms with Gasteiger partial charge < -0.3 is 10.5 Å². The normalized spacial score (nSPS) is 10.2. The lowest BCUT2D eigenvalue weighted by Gasteiger charge is -2.12. The van der Waals surface area contributed by atoms with E-state index in [4.69, 9.17) is 27.5 Å². The Labute approximate surface area is 133 Å². The third kappa shape index (κ3) is 3.32. The van der Waals surface area contributed by atoms with Crippen LogP contribution in [0.5, 0.6) is 11.5 Å². The van der Waals surface area contributed by atoms with Gasteiger partial charge in [0.2, 0.25) is 5.75 Å². The van der Waals surface area contributed by atoms with Crippen molar-refractivity contribution < 1.29 is 9.66 Å². The van der Waals surface area contributed by atoms with Crippen LogP contribution in [-0.2, 0) is 0 Å². The molecular weight excluding hydrogens is 362 g/mol.